The van der Waals surface area contributed by atoms with Crippen LogP contribution in [-0.2, 0) is 17.6 Å². The first-order valence-electron chi connectivity index (χ1n) is 8.42. The van der Waals surface area contributed by atoms with Gasteiger partial charge in [0.2, 0.25) is 0 Å². The van der Waals surface area contributed by atoms with Gasteiger partial charge < -0.3 is 15.8 Å². The SMILES string of the molecule is CC(C)COCCCN=C(N)Nc1cccc2c1CCCC2.I. The van der Waals surface area contributed by atoms with Crippen molar-refractivity contribution in [2.24, 2.45) is 16.6 Å². The van der Waals surface area contributed by atoms with E-state index in [2.05, 4.69) is 42.4 Å². The molecule has 0 radical (unpaired) electrons. The molecule has 0 bridgehead atoms. The van der Waals surface area contributed by atoms with Crippen LogP contribution in [0.1, 0.15) is 44.2 Å². The molecule has 23 heavy (non-hydrogen) atoms. The van der Waals surface area contributed by atoms with Gasteiger partial charge in [0.25, 0.3) is 0 Å². The molecule has 5 heteroatoms. The molecule has 4 nitrogen and oxygen atoms in total. The van der Waals surface area contributed by atoms with Crippen LogP contribution < -0.4 is 11.1 Å². The lowest BCUT2D eigenvalue weighted by atomic mass is 9.90. The molecule has 0 aromatic heterocycles. The van der Waals surface area contributed by atoms with Gasteiger partial charge in [0, 0.05) is 25.4 Å². The van der Waals surface area contributed by atoms with Crippen LogP contribution in [0.5, 0.6) is 0 Å². The molecule has 0 heterocycles. The summed E-state index contributed by atoms with van der Waals surface area (Å²) in [6, 6.07) is 6.41. The third-order valence-electron chi connectivity index (χ3n) is 3.84. The van der Waals surface area contributed by atoms with Crippen LogP contribution in [0.3, 0.4) is 0 Å². The second kappa shape index (κ2) is 10.9. The van der Waals surface area contributed by atoms with Crippen LogP contribution in [0.4, 0.5) is 5.69 Å². The molecule has 0 atom stereocenters. The summed E-state index contributed by atoms with van der Waals surface area (Å²) in [7, 11) is 0. The third kappa shape index (κ3) is 7.08. The minimum absolute atomic E-state index is 0. The Morgan fingerprint density at radius 3 is 2.87 bits per heavy atom. The molecule has 0 spiro atoms. The molecule has 130 valence electrons. The highest BCUT2D eigenvalue weighted by Crippen LogP contribution is 2.27. The van der Waals surface area contributed by atoms with Gasteiger partial charge in [-0.1, -0.05) is 26.0 Å². The standard InChI is InChI=1S/C18H29N3O.HI/c1-14(2)13-22-12-6-11-20-18(19)21-17-10-5-8-15-7-3-4-9-16(15)17;/h5,8,10,14H,3-4,6-7,9,11-13H2,1-2H3,(H3,19,20,21);1H. The summed E-state index contributed by atoms with van der Waals surface area (Å²) in [5.74, 6) is 1.09. The summed E-state index contributed by atoms with van der Waals surface area (Å²) in [4.78, 5) is 4.39. The fourth-order valence-corrected chi connectivity index (χ4v) is 2.76. The van der Waals surface area contributed by atoms with Crippen molar-refractivity contribution >= 4 is 35.6 Å². The Kier molecular flexibility index (Phi) is 9.55. The van der Waals surface area contributed by atoms with E-state index >= 15 is 0 Å². The minimum atomic E-state index is 0. The molecule has 3 N–H and O–H groups in total. The fraction of sp³-hybridized carbons (Fsp3) is 0.611. The predicted octanol–water partition coefficient (Wildman–Crippen LogP) is 3.97. The van der Waals surface area contributed by atoms with Crippen molar-refractivity contribution in [3.63, 3.8) is 0 Å². The average Bonchev–Trinajstić information content (AvgIpc) is 2.51. The molecule has 0 amide bonds. The van der Waals surface area contributed by atoms with Gasteiger partial charge in [-0.3, -0.25) is 4.99 Å². The third-order valence-corrected chi connectivity index (χ3v) is 3.84. The second-order valence-corrected chi connectivity index (χ2v) is 6.36. The highest BCUT2D eigenvalue weighted by Gasteiger charge is 2.12. The molecular weight excluding hydrogens is 401 g/mol. The number of fused-ring (bicyclic) bond motifs is 1. The Morgan fingerprint density at radius 2 is 2.09 bits per heavy atom. The lowest BCUT2D eigenvalue weighted by Crippen LogP contribution is -2.24. The number of nitrogens with zero attached hydrogens (tertiary/aromatic N) is 1. The van der Waals surface area contributed by atoms with Crippen LogP contribution >= 0.6 is 24.0 Å². The Balaban J connectivity index is 0.00000264. The summed E-state index contributed by atoms with van der Waals surface area (Å²) in [6.07, 6.45) is 5.76. The van der Waals surface area contributed by atoms with E-state index in [-0.39, 0.29) is 24.0 Å². The van der Waals surface area contributed by atoms with Crippen molar-refractivity contribution in [2.45, 2.75) is 46.0 Å². The van der Waals surface area contributed by atoms with Gasteiger partial charge >= 0.3 is 0 Å². The normalized spacial score (nSPS) is 14.3. The molecule has 0 unspecified atom stereocenters. The Morgan fingerprint density at radius 1 is 1.30 bits per heavy atom. The largest absolute Gasteiger partial charge is 0.381 e. The number of nitrogens with two attached hydrogens (primary N) is 1. The molecule has 0 fully saturated rings. The zero-order valence-electron chi connectivity index (χ0n) is 14.3. The first-order valence-corrected chi connectivity index (χ1v) is 8.42. The Bertz CT molecular complexity index is 503. The van der Waals surface area contributed by atoms with E-state index < -0.39 is 0 Å². The van der Waals surface area contributed by atoms with Crippen molar-refractivity contribution in [3.8, 4) is 0 Å². The van der Waals surface area contributed by atoms with Crippen LogP contribution in [0.25, 0.3) is 0 Å². The number of hydrogen-bond acceptors (Lipinski definition) is 2. The van der Waals surface area contributed by atoms with Crippen LogP contribution in [0.15, 0.2) is 23.2 Å². The van der Waals surface area contributed by atoms with E-state index in [9.17, 15) is 0 Å². The number of ether oxygens (including phenoxy) is 1. The molecule has 1 aromatic carbocycles. The van der Waals surface area contributed by atoms with Crippen LogP contribution in [0, 0.1) is 5.92 Å². The maximum atomic E-state index is 6.00. The van der Waals surface area contributed by atoms with E-state index in [0.29, 0.717) is 18.4 Å². The molecule has 1 aromatic rings. The molecule has 1 aliphatic carbocycles. The van der Waals surface area contributed by atoms with Gasteiger partial charge in [-0.05, 0) is 55.2 Å². The predicted molar refractivity (Wildman–Crippen MR) is 109 cm³/mol. The van der Waals surface area contributed by atoms with Gasteiger partial charge in [0.05, 0.1) is 0 Å². The number of benzene rings is 1. The molecule has 2 rings (SSSR count). The zero-order chi connectivity index (χ0) is 15.8. The molecule has 0 saturated heterocycles. The Labute approximate surface area is 157 Å². The Hall–Kier alpha value is -0.820. The highest BCUT2D eigenvalue weighted by molar-refractivity contribution is 14.0. The zero-order valence-corrected chi connectivity index (χ0v) is 16.6. The first kappa shape index (κ1) is 20.2. The lowest BCUT2D eigenvalue weighted by Gasteiger charge is -2.19. The second-order valence-electron chi connectivity index (χ2n) is 6.36. The van der Waals surface area contributed by atoms with E-state index in [0.717, 1.165) is 31.7 Å². The van der Waals surface area contributed by atoms with Crippen molar-refractivity contribution in [3.05, 3.63) is 29.3 Å². The smallest absolute Gasteiger partial charge is 0.193 e. The van der Waals surface area contributed by atoms with Gasteiger partial charge in [0.15, 0.2) is 5.96 Å². The lowest BCUT2D eigenvalue weighted by molar-refractivity contribution is 0.109. The van der Waals surface area contributed by atoms with Gasteiger partial charge in [0.1, 0.15) is 0 Å². The number of halogens is 1. The van der Waals surface area contributed by atoms with E-state index in [1.165, 1.54) is 30.4 Å². The van der Waals surface area contributed by atoms with Crippen molar-refractivity contribution in [1.29, 1.82) is 0 Å². The first-order chi connectivity index (χ1) is 10.7. The monoisotopic (exact) mass is 431 g/mol. The van der Waals surface area contributed by atoms with E-state index in [4.69, 9.17) is 10.5 Å². The summed E-state index contributed by atoms with van der Waals surface area (Å²) in [6.45, 7) is 6.57. The number of aryl methyl sites for hydroxylation is 1. The van der Waals surface area contributed by atoms with E-state index in [1.807, 2.05) is 0 Å². The average molecular weight is 431 g/mol. The van der Waals surface area contributed by atoms with Gasteiger partial charge in [-0.15, -0.1) is 24.0 Å². The molecule has 1 aliphatic rings. The topological polar surface area (TPSA) is 59.6 Å². The fourth-order valence-electron chi connectivity index (χ4n) is 2.76. The maximum absolute atomic E-state index is 6.00. The van der Waals surface area contributed by atoms with Crippen molar-refractivity contribution in [1.82, 2.24) is 0 Å². The van der Waals surface area contributed by atoms with Crippen molar-refractivity contribution in [2.75, 3.05) is 25.1 Å². The molecular formula is C18H30IN3O. The summed E-state index contributed by atoms with van der Waals surface area (Å²) in [5, 5.41) is 3.27. The summed E-state index contributed by atoms with van der Waals surface area (Å²) < 4.78 is 5.54. The van der Waals surface area contributed by atoms with Gasteiger partial charge in [-0.25, -0.2) is 0 Å². The highest BCUT2D eigenvalue weighted by atomic mass is 127. The summed E-state index contributed by atoms with van der Waals surface area (Å²) >= 11 is 0. The number of hydrogen-bond donors (Lipinski definition) is 2. The molecule has 0 saturated carbocycles. The molecule has 0 aliphatic heterocycles. The summed E-state index contributed by atoms with van der Waals surface area (Å²) in [5.41, 5.74) is 9.98. The minimum Gasteiger partial charge on any atom is -0.381 e. The van der Waals surface area contributed by atoms with Crippen LogP contribution in [0.2, 0.25) is 0 Å². The number of nitrogens with one attached hydrogen (secondary N) is 1. The number of anilines is 1. The quantitative estimate of drug-likeness (QED) is 0.297. The number of guanidine groups is 1. The van der Waals surface area contributed by atoms with Crippen molar-refractivity contribution < 1.29 is 4.74 Å². The maximum Gasteiger partial charge on any atom is 0.193 e. The van der Waals surface area contributed by atoms with Crippen LogP contribution in [-0.4, -0.2) is 25.7 Å². The van der Waals surface area contributed by atoms with E-state index in [1.54, 1.807) is 0 Å². The number of aliphatic imine (C=N–C) groups is 1. The number of rotatable bonds is 7. The van der Waals surface area contributed by atoms with Gasteiger partial charge in [-0.2, -0.15) is 0 Å².